The molecule has 1 fully saturated rings. The van der Waals surface area contributed by atoms with Crippen LogP contribution in [0.15, 0.2) is 0 Å². The number of nitrogens with one attached hydrogen (secondary N) is 1. The Morgan fingerprint density at radius 3 is 2.37 bits per heavy atom. The topological polar surface area (TPSA) is 37.8 Å². The number of nitrogens with zero attached hydrogens (tertiary/aromatic N) is 2. The quantitative estimate of drug-likeness (QED) is 0.795. The second kappa shape index (κ2) is 5.94. The first-order valence-electron chi connectivity index (χ1n) is 7.25. The maximum atomic E-state index is 4.91. The second-order valence-corrected chi connectivity index (χ2v) is 7.43. The molecule has 0 amide bonds. The van der Waals surface area contributed by atoms with Gasteiger partial charge in [0.15, 0.2) is 0 Å². The smallest absolute Gasteiger partial charge is 0.143 e. The molecule has 1 saturated carbocycles. The Kier molecular flexibility index (Phi) is 4.69. The Balaban J connectivity index is 2.47. The number of rotatable bonds is 3. The summed E-state index contributed by atoms with van der Waals surface area (Å²) < 4.78 is 1.17. The van der Waals surface area contributed by atoms with E-state index in [-0.39, 0.29) is 5.41 Å². The molecule has 0 aromatic carbocycles. The molecule has 19 heavy (non-hydrogen) atoms. The third kappa shape index (κ3) is 3.38. The van der Waals surface area contributed by atoms with Gasteiger partial charge in [-0.2, -0.15) is 0 Å². The first-order chi connectivity index (χ1) is 8.93. The van der Waals surface area contributed by atoms with E-state index in [1.165, 1.54) is 34.9 Å². The molecule has 1 aromatic rings. The van der Waals surface area contributed by atoms with Crippen molar-refractivity contribution < 1.29 is 0 Å². The standard InChI is InChI=1S/C15H24IN3/c1-5-17-14-11(16)12(15(2,3)4)18-13(19-14)10-8-6-7-9-10/h10H,5-9H2,1-4H3,(H,17,18,19). The van der Waals surface area contributed by atoms with Gasteiger partial charge in [0.1, 0.15) is 11.6 Å². The number of aromatic nitrogens is 2. The molecule has 2 rings (SSSR count). The molecule has 1 N–H and O–H groups in total. The fraction of sp³-hybridized carbons (Fsp3) is 0.733. The maximum absolute atomic E-state index is 4.91. The summed E-state index contributed by atoms with van der Waals surface area (Å²) in [6.45, 7) is 9.70. The highest BCUT2D eigenvalue weighted by Crippen LogP contribution is 2.36. The van der Waals surface area contributed by atoms with Gasteiger partial charge in [-0.25, -0.2) is 9.97 Å². The van der Waals surface area contributed by atoms with Crippen LogP contribution >= 0.6 is 22.6 Å². The number of hydrogen-bond acceptors (Lipinski definition) is 3. The average molecular weight is 373 g/mol. The van der Waals surface area contributed by atoms with Crippen LogP contribution in [0.5, 0.6) is 0 Å². The Morgan fingerprint density at radius 2 is 1.84 bits per heavy atom. The molecule has 0 unspecified atom stereocenters. The van der Waals surface area contributed by atoms with Crippen molar-refractivity contribution in [3.05, 3.63) is 15.1 Å². The van der Waals surface area contributed by atoms with Gasteiger partial charge >= 0.3 is 0 Å². The van der Waals surface area contributed by atoms with Crippen LogP contribution < -0.4 is 5.32 Å². The van der Waals surface area contributed by atoms with Crippen LogP contribution in [0.3, 0.4) is 0 Å². The van der Waals surface area contributed by atoms with Crippen molar-refractivity contribution in [1.29, 1.82) is 0 Å². The second-order valence-electron chi connectivity index (χ2n) is 6.35. The van der Waals surface area contributed by atoms with Gasteiger partial charge in [0, 0.05) is 17.9 Å². The number of anilines is 1. The van der Waals surface area contributed by atoms with Crippen molar-refractivity contribution in [1.82, 2.24) is 9.97 Å². The average Bonchev–Trinajstić information content (AvgIpc) is 2.84. The summed E-state index contributed by atoms with van der Waals surface area (Å²) in [4.78, 5) is 9.70. The molecule has 1 aromatic heterocycles. The molecule has 1 aliphatic carbocycles. The molecule has 1 aliphatic rings. The zero-order valence-corrected chi connectivity index (χ0v) is 14.5. The minimum absolute atomic E-state index is 0.0665. The summed E-state index contributed by atoms with van der Waals surface area (Å²) in [5, 5.41) is 3.39. The zero-order chi connectivity index (χ0) is 14.0. The Hall–Kier alpha value is -0.390. The van der Waals surface area contributed by atoms with Gasteiger partial charge in [-0.1, -0.05) is 33.6 Å². The molecule has 0 saturated heterocycles. The van der Waals surface area contributed by atoms with Gasteiger partial charge in [0.25, 0.3) is 0 Å². The maximum Gasteiger partial charge on any atom is 0.143 e. The van der Waals surface area contributed by atoms with E-state index in [2.05, 4.69) is 55.6 Å². The van der Waals surface area contributed by atoms with Gasteiger partial charge in [0.2, 0.25) is 0 Å². The normalized spacial score (nSPS) is 16.9. The van der Waals surface area contributed by atoms with Gasteiger partial charge in [-0.15, -0.1) is 0 Å². The lowest BCUT2D eigenvalue weighted by molar-refractivity contribution is 0.548. The van der Waals surface area contributed by atoms with E-state index in [1.54, 1.807) is 0 Å². The third-order valence-corrected chi connectivity index (χ3v) is 4.67. The Labute approximate surface area is 130 Å². The third-order valence-electron chi connectivity index (χ3n) is 3.64. The molecule has 0 radical (unpaired) electrons. The lowest BCUT2D eigenvalue weighted by Gasteiger charge is -2.23. The van der Waals surface area contributed by atoms with E-state index in [4.69, 9.17) is 9.97 Å². The van der Waals surface area contributed by atoms with Crippen molar-refractivity contribution in [3.8, 4) is 0 Å². The molecular weight excluding hydrogens is 349 g/mol. The van der Waals surface area contributed by atoms with Crippen LogP contribution in [0.1, 0.15) is 70.8 Å². The monoisotopic (exact) mass is 373 g/mol. The number of halogens is 1. The van der Waals surface area contributed by atoms with Crippen LogP contribution in [0.4, 0.5) is 5.82 Å². The van der Waals surface area contributed by atoms with Crippen molar-refractivity contribution in [2.24, 2.45) is 0 Å². The van der Waals surface area contributed by atoms with Gasteiger partial charge < -0.3 is 5.32 Å². The fourth-order valence-corrected chi connectivity index (χ4v) is 3.85. The van der Waals surface area contributed by atoms with E-state index in [1.807, 2.05) is 0 Å². The van der Waals surface area contributed by atoms with Crippen LogP contribution in [0.25, 0.3) is 0 Å². The van der Waals surface area contributed by atoms with E-state index in [9.17, 15) is 0 Å². The Bertz CT molecular complexity index is 445. The van der Waals surface area contributed by atoms with Crippen molar-refractivity contribution in [2.75, 3.05) is 11.9 Å². The van der Waals surface area contributed by atoms with Gasteiger partial charge in [-0.05, 0) is 42.4 Å². The number of hydrogen-bond donors (Lipinski definition) is 1. The first-order valence-corrected chi connectivity index (χ1v) is 8.33. The SMILES string of the molecule is CCNc1nc(C2CCCC2)nc(C(C)(C)C)c1I. The van der Waals surface area contributed by atoms with E-state index in [0.717, 1.165) is 18.2 Å². The highest BCUT2D eigenvalue weighted by atomic mass is 127. The fourth-order valence-electron chi connectivity index (χ4n) is 2.61. The minimum Gasteiger partial charge on any atom is -0.369 e. The lowest BCUT2D eigenvalue weighted by Crippen LogP contribution is -2.20. The first kappa shape index (κ1) is 15.0. The van der Waals surface area contributed by atoms with Crippen molar-refractivity contribution in [2.45, 2.75) is 64.7 Å². The molecule has 106 valence electrons. The summed E-state index contributed by atoms with van der Waals surface area (Å²) in [6.07, 6.45) is 5.13. The minimum atomic E-state index is 0.0665. The highest BCUT2D eigenvalue weighted by molar-refractivity contribution is 14.1. The summed E-state index contributed by atoms with van der Waals surface area (Å²) in [7, 11) is 0. The molecule has 1 heterocycles. The summed E-state index contributed by atoms with van der Waals surface area (Å²) in [5.74, 6) is 2.64. The highest BCUT2D eigenvalue weighted by Gasteiger charge is 2.26. The largest absolute Gasteiger partial charge is 0.369 e. The lowest BCUT2D eigenvalue weighted by atomic mass is 9.91. The zero-order valence-electron chi connectivity index (χ0n) is 12.4. The predicted molar refractivity (Wildman–Crippen MR) is 88.8 cm³/mol. The molecular formula is C15H24IN3. The van der Waals surface area contributed by atoms with E-state index >= 15 is 0 Å². The van der Waals surface area contributed by atoms with E-state index < -0.39 is 0 Å². The summed E-state index contributed by atoms with van der Waals surface area (Å²) in [6, 6.07) is 0. The van der Waals surface area contributed by atoms with Crippen LogP contribution in [-0.4, -0.2) is 16.5 Å². The Morgan fingerprint density at radius 1 is 1.21 bits per heavy atom. The molecule has 0 atom stereocenters. The molecule has 3 nitrogen and oxygen atoms in total. The predicted octanol–water partition coefficient (Wildman–Crippen LogP) is 4.47. The molecule has 4 heteroatoms. The van der Waals surface area contributed by atoms with Crippen molar-refractivity contribution >= 4 is 28.4 Å². The van der Waals surface area contributed by atoms with Crippen LogP contribution in [0, 0.1) is 3.57 Å². The van der Waals surface area contributed by atoms with Gasteiger partial charge in [0.05, 0.1) is 9.26 Å². The summed E-state index contributed by atoms with van der Waals surface area (Å²) >= 11 is 2.38. The molecule has 0 spiro atoms. The van der Waals surface area contributed by atoms with Crippen LogP contribution in [0.2, 0.25) is 0 Å². The van der Waals surface area contributed by atoms with E-state index in [0.29, 0.717) is 5.92 Å². The molecule has 0 bridgehead atoms. The summed E-state index contributed by atoms with van der Waals surface area (Å²) in [5.41, 5.74) is 1.25. The van der Waals surface area contributed by atoms with Gasteiger partial charge in [-0.3, -0.25) is 0 Å². The van der Waals surface area contributed by atoms with Crippen LogP contribution in [-0.2, 0) is 5.41 Å². The molecule has 0 aliphatic heterocycles. The van der Waals surface area contributed by atoms with Crippen molar-refractivity contribution in [3.63, 3.8) is 0 Å².